The molecule has 1 saturated heterocycles. The van der Waals surface area contributed by atoms with E-state index < -0.39 is 6.10 Å². The standard InChI is InChI=1S/C12H16N2O3/c1-9(15)8-14-12(17)6-7-13(14)10-4-2-3-5-11(10)16/h2-5,9,15-16H,6-8H2,1H3. The van der Waals surface area contributed by atoms with Crippen LogP contribution in [0.5, 0.6) is 5.75 Å². The molecule has 0 aliphatic carbocycles. The van der Waals surface area contributed by atoms with Gasteiger partial charge in [-0.3, -0.25) is 14.8 Å². The Bertz CT molecular complexity index is 420. The molecule has 92 valence electrons. The van der Waals surface area contributed by atoms with Crippen molar-refractivity contribution in [2.24, 2.45) is 0 Å². The molecular weight excluding hydrogens is 220 g/mol. The maximum Gasteiger partial charge on any atom is 0.243 e. The van der Waals surface area contributed by atoms with Crippen molar-refractivity contribution < 1.29 is 15.0 Å². The van der Waals surface area contributed by atoms with Gasteiger partial charge in [-0.15, -0.1) is 0 Å². The first-order valence-electron chi connectivity index (χ1n) is 5.63. The van der Waals surface area contributed by atoms with Crippen molar-refractivity contribution in [1.82, 2.24) is 5.01 Å². The summed E-state index contributed by atoms with van der Waals surface area (Å²) < 4.78 is 0. The summed E-state index contributed by atoms with van der Waals surface area (Å²) in [6.07, 6.45) is -0.188. The summed E-state index contributed by atoms with van der Waals surface area (Å²) in [7, 11) is 0. The van der Waals surface area contributed by atoms with E-state index in [9.17, 15) is 15.0 Å². The Hall–Kier alpha value is -1.75. The van der Waals surface area contributed by atoms with Gasteiger partial charge >= 0.3 is 0 Å². The van der Waals surface area contributed by atoms with Crippen LogP contribution in [-0.4, -0.2) is 40.3 Å². The number of rotatable bonds is 3. The summed E-state index contributed by atoms with van der Waals surface area (Å²) in [5.74, 6) is 0.104. The summed E-state index contributed by atoms with van der Waals surface area (Å²) in [4.78, 5) is 11.7. The first-order valence-corrected chi connectivity index (χ1v) is 5.63. The van der Waals surface area contributed by atoms with Gasteiger partial charge in [0.05, 0.1) is 18.3 Å². The number of nitrogens with zero attached hydrogens (tertiary/aromatic N) is 2. The van der Waals surface area contributed by atoms with Crippen molar-refractivity contribution in [1.29, 1.82) is 0 Å². The average molecular weight is 236 g/mol. The number of carbonyl (C=O) groups excluding carboxylic acids is 1. The van der Waals surface area contributed by atoms with Gasteiger partial charge in [0.2, 0.25) is 5.91 Å². The van der Waals surface area contributed by atoms with Crippen LogP contribution in [-0.2, 0) is 4.79 Å². The topological polar surface area (TPSA) is 64.0 Å². The molecule has 2 rings (SSSR count). The van der Waals surface area contributed by atoms with Gasteiger partial charge in [-0.1, -0.05) is 12.1 Å². The number of phenols is 1. The van der Waals surface area contributed by atoms with Gasteiger partial charge in [-0.25, -0.2) is 0 Å². The maximum absolute atomic E-state index is 11.7. The molecule has 1 unspecified atom stereocenters. The summed E-state index contributed by atoms with van der Waals surface area (Å²) in [5.41, 5.74) is 0.596. The van der Waals surface area contributed by atoms with E-state index in [1.54, 1.807) is 36.2 Å². The molecule has 0 saturated carbocycles. The van der Waals surface area contributed by atoms with Crippen molar-refractivity contribution in [3.63, 3.8) is 0 Å². The Kier molecular flexibility index (Phi) is 3.19. The summed E-state index contributed by atoms with van der Waals surface area (Å²) in [6, 6.07) is 6.87. The number of anilines is 1. The van der Waals surface area contributed by atoms with Gasteiger partial charge in [0.1, 0.15) is 5.75 Å². The number of hydrogen-bond donors (Lipinski definition) is 2. The third kappa shape index (κ3) is 2.34. The lowest BCUT2D eigenvalue weighted by atomic mass is 10.3. The molecule has 0 aromatic heterocycles. The fourth-order valence-corrected chi connectivity index (χ4v) is 1.97. The van der Waals surface area contributed by atoms with Gasteiger partial charge in [0.25, 0.3) is 0 Å². The largest absolute Gasteiger partial charge is 0.506 e. The predicted octanol–water partition coefficient (Wildman–Crippen LogP) is 0.727. The van der Waals surface area contributed by atoms with E-state index in [2.05, 4.69) is 0 Å². The lowest BCUT2D eigenvalue weighted by Gasteiger charge is -2.30. The highest BCUT2D eigenvalue weighted by molar-refractivity contribution is 5.82. The van der Waals surface area contributed by atoms with Crippen LogP contribution < -0.4 is 5.01 Å². The smallest absolute Gasteiger partial charge is 0.243 e. The fraction of sp³-hybridized carbons (Fsp3) is 0.417. The molecule has 1 heterocycles. The third-order valence-corrected chi connectivity index (χ3v) is 2.71. The Morgan fingerprint density at radius 2 is 2.12 bits per heavy atom. The van der Waals surface area contributed by atoms with Crippen molar-refractivity contribution in [3.05, 3.63) is 24.3 Å². The highest BCUT2D eigenvalue weighted by Gasteiger charge is 2.31. The highest BCUT2D eigenvalue weighted by Crippen LogP contribution is 2.30. The van der Waals surface area contributed by atoms with Crippen LogP contribution in [0.15, 0.2) is 24.3 Å². The van der Waals surface area contributed by atoms with E-state index >= 15 is 0 Å². The Morgan fingerprint density at radius 3 is 2.76 bits per heavy atom. The van der Waals surface area contributed by atoms with Gasteiger partial charge in [0, 0.05) is 13.0 Å². The molecule has 17 heavy (non-hydrogen) atoms. The second kappa shape index (κ2) is 4.63. The molecular formula is C12H16N2O3. The first kappa shape index (κ1) is 11.7. The molecule has 0 bridgehead atoms. The second-order valence-corrected chi connectivity index (χ2v) is 4.19. The molecule has 5 nitrogen and oxygen atoms in total. The molecule has 1 aliphatic heterocycles. The predicted molar refractivity (Wildman–Crippen MR) is 63.5 cm³/mol. The van der Waals surface area contributed by atoms with Crippen LogP contribution in [0.3, 0.4) is 0 Å². The van der Waals surface area contributed by atoms with Crippen LogP contribution in [0.2, 0.25) is 0 Å². The fourth-order valence-electron chi connectivity index (χ4n) is 1.97. The lowest BCUT2D eigenvalue weighted by Crippen LogP contribution is -2.43. The Balaban J connectivity index is 2.25. The number of phenolic OH excluding ortho intramolecular Hbond substituents is 1. The zero-order valence-corrected chi connectivity index (χ0v) is 9.71. The van der Waals surface area contributed by atoms with Crippen molar-refractivity contribution in [3.8, 4) is 5.75 Å². The number of hydrogen-bond acceptors (Lipinski definition) is 4. The summed E-state index contributed by atoms with van der Waals surface area (Å²) in [6.45, 7) is 2.41. The third-order valence-electron chi connectivity index (χ3n) is 2.71. The minimum absolute atomic E-state index is 0.0332. The molecule has 1 aromatic rings. The monoisotopic (exact) mass is 236 g/mol. The number of para-hydroxylation sites is 2. The summed E-state index contributed by atoms with van der Waals surface area (Å²) in [5, 5.41) is 22.3. The number of benzene rings is 1. The van der Waals surface area contributed by atoms with Gasteiger partial charge in [-0.2, -0.15) is 0 Å². The van der Waals surface area contributed by atoms with Crippen molar-refractivity contribution in [2.45, 2.75) is 19.4 Å². The lowest BCUT2D eigenvalue weighted by molar-refractivity contribution is -0.129. The van der Waals surface area contributed by atoms with E-state index in [-0.39, 0.29) is 18.2 Å². The molecule has 1 fully saturated rings. The molecule has 1 amide bonds. The van der Waals surface area contributed by atoms with Crippen molar-refractivity contribution >= 4 is 11.6 Å². The molecule has 2 N–H and O–H groups in total. The van der Waals surface area contributed by atoms with Gasteiger partial charge in [0.15, 0.2) is 0 Å². The number of aliphatic hydroxyl groups is 1. The maximum atomic E-state index is 11.7. The van der Waals surface area contributed by atoms with Gasteiger partial charge < -0.3 is 10.2 Å². The Labute approximate surface area is 99.9 Å². The van der Waals surface area contributed by atoms with Crippen LogP contribution in [0, 0.1) is 0 Å². The average Bonchev–Trinajstić information content (AvgIpc) is 2.61. The van der Waals surface area contributed by atoms with E-state index in [4.69, 9.17) is 0 Å². The molecule has 1 atom stereocenters. The summed E-state index contributed by atoms with van der Waals surface area (Å²) >= 11 is 0. The normalized spacial score (nSPS) is 17.6. The van der Waals surface area contributed by atoms with E-state index in [0.717, 1.165) is 0 Å². The zero-order chi connectivity index (χ0) is 12.4. The molecule has 5 heteroatoms. The number of aromatic hydroxyl groups is 1. The number of hydrazine groups is 1. The van der Waals surface area contributed by atoms with Crippen molar-refractivity contribution in [2.75, 3.05) is 18.1 Å². The number of amides is 1. The quantitative estimate of drug-likeness (QED) is 0.812. The SMILES string of the molecule is CC(O)CN1C(=O)CCN1c1ccccc1O. The van der Waals surface area contributed by atoms with E-state index in [0.29, 0.717) is 18.7 Å². The van der Waals surface area contributed by atoms with E-state index in [1.165, 1.54) is 5.01 Å². The molecule has 0 radical (unpaired) electrons. The van der Waals surface area contributed by atoms with Crippen LogP contribution in [0.4, 0.5) is 5.69 Å². The minimum atomic E-state index is -0.592. The minimum Gasteiger partial charge on any atom is -0.506 e. The molecule has 1 aliphatic rings. The van der Waals surface area contributed by atoms with Crippen LogP contribution >= 0.6 is 0 Å². The highest BCUT2D eigenvalue weighted by atomic mass is 16.3. The number of β-amino-alcohol motifs (C(OH)–C–C–N with tert-alkyl or cyclic N) is 1. The molecule has 1 aromatic carbocycles. The number of carbonyl (C=O) groups is 1. The van der Waals surface area contributed by atoms with Gasteiger partial charge in [-0.05, 0) is 19.1 Å². The van der Waals surface area contributed by atoms with E-state index in [1.807, 2.05) is 0 Å². The first-order chi connectivity index (χ1) is 8.09. The zero-order valence-electron chi connectivity index (χ0n) is 9.71. The number of aliphatic hydroxyl groups excluding tert-OH is 1. The van der Waals surface area contributed by atoms with Crippen LogP contribution in [0.25, 0.3) is 0 Å². The second-order valence-electron chi connectivity index (χ2n) is 4.19. The van der Waals surface area contributed by atoms with Crippen LogP contribution in [0.1, 0.15) is 13.3 Å². The Morgan fingerprint density at radius 1 is 1.41 bits per heavy atom. The molecule has 0 spiro atoms.